The van der Waals surface area contributed by atoms with Crippen LogP contribution in [0, 0.1) is 11.8 Å². The Morgan fingerprint density at radius 2 is 0.934 bits per heavy atom. The van der Waals surface area contributed by atoms with Crippen molar-refractivity contribution in [3.05, 3.63) is 72.7 Å². The molecule has 10 heteroatoms. The van der Waals surface area contributed by atoms with Crippen molar-refractivity contribution in [1.29, 1.82) is 0 Å². The lowest BCUT2D eigenvalue weighted by atomic mass is 10.0. The summed E-state index contributed by atoms with van der Waals surface area (Å²) >= 11 is 0. The number of rotatable bonds is 29. The van der Waals surface area contributed by atoms with Gasteiger partial charge in [-0.05, 0) is 62.8 Å². The van der Waals surface area contributed by atoms with Gasteiger partial charge in [0, 0.05) is 35.9 Å². The molecule has 4 rings (SSSR count). The van der Waals surface area contributed by atoms with Crippen molar-refractivity contribution in [3.8, 4) is 11.5 Å². The predicted molar refractivity (Wildman–Crippen MR) is 253 cm³/mol. The zero-order chi connectivity index (χ0) is 43.9. The van der Waals surface area contributed by atoms with Crippen LogP contribution in [-0.4, -0.2) is 50.7 Å². The molecule has 0 bridgehead atoms. The monoisotopic (exact) mass is 843 g/mol. The van der Waals surface area contributed by atoms with E-state index in [1.54, 1.807) is 24.8 Å². The molecule has 2 unspecified atom stereocenters. The number of carbonyl (C=O) groups excluding carboxylic acids is 2. The summed E-state index contributed by atoms with van der Waals surface area (Å²) in [5.41, 5.74) is 1.99. The Morgan fingerprint density at radius 1 is 0.541 bits per heavy atom. The van der Waals surface area contributed by atoms with Gasteiger partial charge in [0.15, 0.2) is 0 Å². The first kappa shape index (κ1) is 50.8. The van der Waals surface area contributed by atoms with Crippen molar-refractivity contribution in [2.45, 2.75) is 164 Å². The zero-order valence-corrected chi connectivity index (χ0v) is 38.6. The smallest absolute Gasteiger partial charge is 0.315 e. The summed E-state index contributed by atoms with van der Waals surface area (Å²) in [4.78, 5) is 37.3. The van der Waals surface area contributed by atoms with Crippen LogP contribution in [0.1, 0.15) is 164 Å². The van der Waals surface area contributed by atoms with Crippen LogP contribution in [0.15, 0.2) is 82.7 Å². The molecule has 61 heavy (non-hydrogen) atoms. The highest BCUT2D eigenvalue weighted by molar-refractivity contribution is 5.77. The Morgan fingerprint density at radius 3 is 1.31 bits per heavy atom. The lowest BCUT2D eigenvalue weighted by Crippen LogP contribution is -2.24. The molecule has 0 aromatic heterocycles. The van der Waals surface area contributed by atoms with Gasteiger partial charge in [-0.15, -0.1) is 0 Å². The standard InChI is InChI=1S/C26H40N2O3.C25H38N2O3/c1-4-7-8-9-10-11-12-19-30-24-16-13-15-23(20-24)28-18-17-27-25(21-28)31-26(29)22(6-3)14-5-2;1-4-7-8-9-10-11-18-29-23-15-12-14-22(19-23)27-17-16-26-24(20-27)30-25(28)21(6-3)13-5-2/h13,15-17,20-22H,4-12,14,18-19H2,1-3H3;12,14-16,19-21H,4-11,13,17-18H2,1-3H3. The Hall–Kier alpha value is -4.60. The van der Waals surface area contributed by atoms with E-state index in [9.17, 15) is 9.59 Å². The summed E-state index contributed by atoms with van der Waals surface area (Å²) in [6.45, 7) is 15.4. The third-order valence-electron chi connectivity index (χ3n) is 10.9. The first-order valence-electron chi connectivity index (χ1n) is 23.8. The maximum absolute atomic E-state index is 12.4. The van der Waals surface area contributed by atoms with Crippen LogP contribution in [0.25, 0.3) is 0 Å². The Balaban J connectivity index is 0.000000325. The average molecular weight is 843 g/mol. The van der Waals surface area contributed by atoms with Gasteiger partial charge in [0.1, 0.15) is 11.5 Å². The highest BCUT2D eigenvalue weighted by Gasteiger charge is 2.22. The normalized spacial score (nSPS) is 14.3. The van der Waals surface area contributed by atoms with Crippen LogP contribution in [0.3, 0.4) is 0 Å². The maximum atomic E-state index is 12.4. The third-order valence-corrected chi connectivity index (χ3v) is 10.9. The number of anilines is 2. The number of unbranched alkanes of at least 4 members (excludes halogenated alkanes) is 11. The predicted octanol–water partition coefficient (Wildman–Crippen LogP) is 13.4. The van der Waals surface area contributed by atoms with E-state index >= 15 is 0 Å². The highest BCUT2D eigenvalue weighted by Crippen LogP contribution is 2.26. The minimum absolute atomic E-state index is 0.0693. The van der Waals surface area contributed by atoms with E-state index in [1.165, 1.54) is 70.6 Å². The van der Waals surface area contributed by atoms with Crippen LogP contribution in [-0.2, 0) is 19.1 Å². The molecule has 0 amide bonds. The van der Waals surface area contributed by atoms with Gasteiger partial charge in [0.25, 0.3) is 0 Å². The molecular formula is C51H78N4O6. The van der Waals surface area contributed by atoms with Gasteiger partial charge in [-0.1, -0.05) is 137 Å². The molecule has 2 heterocycles. The molecule has 2 aliphatic heterocycles. The molecule has 10 nitrogen and oxygen atoms in total. The number of carbonyl (C=O) groups is 2. The molecule has 2 aromatic carbocycles. The lowest BCUT2D eigenvalue weighted by Gasteiger charge is -2.23. The van der Waals surface area contributed by atoms with Crippen molar-refractivity contribution in [3.63, 3.8) is 0 Å². The lowest BCUT2D eigenvalue weighted by molar-refractivity contribution is -0.145. The summed E-state index contributed by atoms with van der Waals surface area (Å²) < 4.78 is 23.0. The number of hydrogen-bond donors (Lipinski definition) is 0. The highest BCUT2D eigenvalue weighted by atomic mass is 16.6. The van der Waals surface area contributed by atoms with Crippen molar-refractivity contribution >= 4 is 35.7 Å². The van der Waals surface area contributed by atoms with E-state index in [2.05, 4.69) is 37.7 Å². The Kier molecular flexibility index (Phi) is 26.0. The SMILES string of the molecule is CCCCCCCCCOc1cccc(N2C=C(OC(=O)C(CC)CCC)N=CC2)c1.CCCCCCCCOc1cccc(N2C=C(OC(=O)C(CC)CCC)N=CC2)c1. The molecule has 2 aliphatic rings. The van der Waals surface area contributed by atoms with Crippen LogP contribution >= 0.6 is 0 Å². The van der Waals surface area contributed by atoms with Gasteiger partial charge in [0.05, 0.1) is 50.5 Å². The van der Waals surface area contributed by atoms with E-state index in [0.29, 0.717) is 24.9 Å². The topological polar surface area (TPSA) is 102 Å². The maximum Gasteiger partial charge on any atom is 0.315 e. The molecule has 0 radical (unpaired) electrons. The molecule has 0 aliphatic carbocycles. The fourth-order valence-corrected chi connectivity index (χ4v) is 7.21. The second-order valence-corrected chi connectivity index (χ2v) is 16.1. The van der Waals surface area contributed by atoms with E-state index in [-0.39, 0.29) is 23.8 Å². The van der Waals surface area contributed by atoms with Crippen molar-refractivity contribution in [2.75, 3.05) is 36.1 Å². The van der Waals surface area contributed by atoms with Crippen LogP contribution in [0.2, 0.25) is 0 Å². The van der Waals surface area contributed by atoms with Crippen molar-refractivity contribution in [1.82, 2.24) is 0 Å². The Labute approximate surface area is 368 Å². The summed E-state index contributed by atoms with van der Waals surface area (Å²) in [6, 6.07) is 16.1. The number of hydrogen-bond acceptors (Lipinski definition) is 10. The second kappa shape index (κ2) is 31.3. The van der Waals surface area contributed by atoms with Gasteiger partial charge in [-0.3, -0.25) is 9.59 Å². The average Bonchev–Trinajstić information content (AvgIpc) is 3.28. The van der Waals surface area contributed by atoms with Crippen molar-refractivity contribution < 1.29 is 28.5 Å². The number of benzene rings is 2. The number of ether oxygens (including phenoxy) is 4. The molecule has 338 valence electrons. The minimum Gasteiger partial charge on any atom is -0.494 e. The largest absolute Gasteiger partial charge is 0.494 e. The van der Waals surface area contributed by atoms with E-state index in [1.807, 2.05) is 72.2 Å². The molecule has 2 aromatic rings. The zero-order valence-electron chi connectivity index (χ0n) is 38.6. The van der Waals surface area contributed by atoms with E-state index in [0.717, 1.165) is 87.5 Å². The van der Waals surface area contributed by atoms with Gasteiger partial charge in [0.2, 0.25) is 11.8 Å². The Bertz CT molecular complexity index is 1650. The van der Waals surface area contributed by atoms with E-state index < -0.39 is 0 Å². The summed E-state index contributed by atoms with van der Waals surface area (Å²) in [5.74, 6) is 1.90. The summed E-state index contributed by atoms with van der Waals surface area (Å²) in [5, 5.41) is 0. The minimum atomic E-state index is -0.194. The number of aliphatic imine (C=N–C) groups is 2. The summed E-state index contributed by atoms with van der Waals surface area (Å²) in [6.07, 6.45) is 28.7. The van der Waals surface area contributed by atoms with Gasteiger partial charge >= 0.3 is 11.9 Å². The van der Waals surface area contributed by atoms with Gasteiger partial charge in [-0.2, -0.15) is 0 Å². The molecule has 0 spiro atoms. The molecule has 0 N–H and O–H groups in total. The quantitative estimate of drug-likeness (QED) is 0.0589. The van der Waals surface area contributed by atoms with E-state index in [4.69, 9.17) is 18.9 Å². The first-order valence-corrected chi connectivity index (χ1v) is 23.8. The van der Waals surface area contributed by atoms with Gasteiger partial charge in [-0.25, -0.2) is 9.98 Å². The van der Waals surface area contributed by atoms with Gasteiger partial charge < -0.3 is 28.7 Å². The van der Waals surface area contributed by atoms with Crippen molar-refractivity contribution in [2.24, 2.45) is 21.8 Å². The third kappa shape index (κ3) is 20.2. The van der Waals surface area contributed by atoms with Crippen LogP contribution in [0.4, 0.5) is 11.4 Å². The fourth-order valence-electron chi connectivity index (χ4n) is 7.21. The number of esters is 2. The molecule has 0 fully saturated rings. The molecule has 2 atom stereocenters. The molecule has 0 saturated carbocycles. The van der Waals surface area contributed by atoms with Crippen LogP contribution < -0.4 is 19.3 Å². The fraction of sp³-hybridized carbons (Fsp3) is 0.608. The number of nitrogens with zero attached hydrogens (tertiary/aromatic N) is 4. The molecule has 0 saturated heterocycles. The molecular weight excluding hydrogens is 765 g/mol. The second-order valence-electron chi connectivity index (χ2n) is 16.1. The first-order chi connectivity index (χ1) is 29.8. The summed E-state index contributed by atoms with van der Waals surface area (Å²) in [7, 11) is 0. The van der Waals surface area contributed by atoms with Crippen LogP contribution in [0.5, 0.6) is 11.5 Å².